The van der Waals surface area contributed by atoms with Gasteiger partial charge >= 0.3 is 0 Å². The van der Waals surface area contributed by atoms with Gasteiger partial charge in [-0.1, -0.05) is 35.2 Å². The van der Waals surface area contributed by atoms with Crippen LogP contribution in [0.3, 0.4) is 0 Å². The summed E-state index contributed by atoms with van der Waals surface area (Å²) in [5, 5.41) is 0.399. The third-order valence-electron chi connectivity index (χ3n) is 5.26. The largest absolute Gasteiger partial charge is 0.512 e. The summed E-state index contributed by atoms with van der Waals surface area (Å²) in [6.07, 6.45) is 0. The number of nitrogens with zero attached hydrogens (tertiary/aromatic N) is 3. The van der Waals surface area contributed by atoms with Crippen LogP contribution in [-0.4, -0.2) is 38.2 Å². The van der Waals surface area contributed by atoms with Crippen LogP contribution >= 0.6 is 11.6 Å². The van der Waals surface area contributed by atoms with E-state index in [0.29, 0.717) is 9.72 Å². The first kappa shape index (κ1) is 30.4. The van der Waals surface area contributed by atoms with Gasteiger partial charge in [0.1, 0.15) is 21.5 Å². The summed E-state index contributed by atoms with van der Waals surface area (Å²) in [6, 6.07) is 11.5. The van der Waals surface area contributed by atoms with Crippen molar-refractivity contribution in [3.8, 4) is 28.5 Å². The molecule has 0 unspecified atom stereocenters. The van der Waals surface area contributed by atoms with Crippen LogP contribution < -0.4 is 19.8 Å². The van der Waals surface area contributed by atoms with Crippen molar-refractivity contribution in [1.82, 2.24) is 8.96 Å². The first-order chi connectivity index (χ1) is 16.8. The Morgan fingerprint density at radius 1 is 1.11 bits per heavy atom. The molecule has 0 aliphatic rings. The third-order valence-corrected chi connectivity index (χ3v) is 7.21. The predicted molar refractivity (Wildman–Crippen MR) is 138 cm³/mol. The number of ether oxygens (including phenoxy) is 3. The average Bonchev–Trinajstić information content (AvgIpc) is 3.15. The number of rotatable bonds is 7. The van der Waals surface area contributed by atoms with Gasteiger partial charge in [-0.3, -0.25) is 4.79 Å². The number of halogens is 1. The van der Waals surface area contributed by atoms with Crippen molar-refractivity contribution >= 4 is 38.2 Å². The Labute approximate surface area is 245 Å². The van der Waals surface area contributed by atoms with Gasteiger partial charge in [0.2, 0.25) is 5.56 Å². The maximum atomic E-state index is 13.8. The van der Waals surface area contributed by atoms with Crippen LogP contribution in [0, 0.1) is 14.0 Å². The van der Waals surface area contributed by atoms with Gasteiger partial charge in [-0.2, -0.15) is 0 Å². The molecule has 9 nitrogen and oxygen atoms in total. The van der Waals surface area contributed by atoms with Crippen LogP contribution in [0.5, 0.6) is 17.4 Å². The third kappa shape index (κ3) is 5.41. The van der Waals surface area contributed by atoms with Crippen LogP contribution in [0.2, 0.25) is 5.15 Å². The zero-order valence-corrected chi connectivity index (χ0v) is 24.9. The zero-order chi connectivity index (χ0) is 25.3. The minimum atomic E-state index is -4.45. The van der Waals surface area contributed by atoms with Gasteiger partial charge in [0.05, 0.1) is 27.4 Å². The topological polar surface area (TPSA) is 101 Å². The summed E-state index contributed by atoms with van der Waals surface area (Å²) >= 11 is 6.03. The molecule has 1 radical (unpaired) electrons. The Hall–Kier alpha value is -2.84. The Balaban J connectivity index is 0.00000241. The normalized spacial score (nSPS) is 10.7. The molecule has 0 saturated heterocycles. The van der Waals surface area contributed by atoms with E-state index in [9.17, 15) is 13.2 Å². The molecule has 0 atom stereocenters. The van der Waals surface area contributed by atoms with E-state index in [2.05, 4.69) is 9.83 Å². The van der Waals surface area contributed by atoms with E-state index in [-0.39, 0.29) is 96.1 Å². The number of fused-ring (bicyclic) bond motifs is 1. The molecule has 2 aromatic carbocycles. The number of pyridine rings is 1. The molecule has 0 saturated carbocycles. The quantitative estimate of drug-likeness (QED) is 0.211. The van der Waals surface area contributed by atoms with Crippen molar-refractivity contribution in [3.05, 3.63) is 82.9 Å². The molecule has 2 heterocycles. The maximum Gasteiger partial charge on any atom is 0.268 e. The number of hydrogen-bond acceptors (Lipinski definition) is 7. The zero-order valence-electron chi connectivity index (χ0n) is 20.5. The molecule has 12 heteroatoms. The number of methoxy groups -OCH3 is 2. The standard InChI is InChI=1S/C24H19ClN3O6S.CH3.Y/c1-5-34-23-16(8-11-21(25)27-23)22-17-12-14(26-2)6-9-18(17)28(24(22)29)35(30,31)20-10-7-15(32-3)13-19(20)33-4;;/h6-13H,5H2,1,3-4H3;1H3;/q2*-1;. The second kappa shape index (κ2) is 12.1. The van der Waals surface area contributed by atoms with Crippen molar-refractivity contribution < 1.29 is 55.3 Å². The van der Waals surface area contributed by atoms with Crippen LogP contribution in [0.25, 0.3) is 26.9 Å². The van der Waals surface area contributed by atoms with Crippen molar-refractivity contribution in [3.63, 3.8) is 0 Å². The number of aromatic nitrogens is 2. The summed E-state index contributed by atoms with van der Waals surface area (Å²) in [7, 11) is -1.68. The molecule has 2 aromatic heterocycles. The van der Waals surface area contributed by atoms with Crippen LogP contribution in [0.1, 0.15) is 6.92 Å². The van der Waals surface area contributed by atoms with E-state index in [1.165, 1.54) is 62.8 Å². The summed E-state index contributed by atoms with van der Waals surface area (Å²) in [4.78, 5) is 21.1. The maximum absolute atomic E-state index is 13.8. The molecule has 0 fully saturated rings. The van der Waals surface area contributed by atoms with E-state index in [0.717, 1.165) is 0 Å². The van der Waals surface area contributed by atoms with Crippen LogP contribution in [0.15, 0.2) is 58.2 Å². The fraction of sp³-hybridized carbons (Fsp3) is 0.160. The Morgan fingerprint density at radius 3 is 2.46 bits per heavy atom. The van der Waals surface area contributed by atoms with Crippen LogP contribution in [0.4, 0.5) is 5.69 Å². The molecule has 0 bridgehead atoms. The van der Waals surface area contributed by atoms with Gasteiger partial charge in [-0.25, -0.2) is 22.2 Å². The second-order valence-electron chi connectivity index (χ2n) is 7.20. The Morgan fingerprint density at radius 2 is 1.84 bits per heavy atom. The molecule has 0 spiro atoms. The summed E-state index contributed by atoms with van der Waals surface area (Å²) in [5.74, 6) is 0.466. The summed E-state index contributed by atoms with van der Waals surface area (Å²) in [5.41, 5.74) is -0.230. The Bertz CT molecular complexity index is 1660. The fourth-order valence-corrected chi connectivity index (χ4v) is 5.44. The van der Waals surface area contributed by atoms with Crippen LogP contribution in [-0.2, 0) is 42.7 Å². The molecular weight excluding hydrogens is 595 g/mol. The molecule has 4 aromatic rings. The molecule has 37 heavy (non-hydrogen) atoms. The molecule has 0 aliphatic carbocycles. The number of benzene rings is 2. The Kier molecular flexibility index (Phi) is 9.97. The van der Waals surface area contributed by atoms with Crippen molar-refractivity contribution in [2.24, 2.45) is 0 Å². The number of hydrogen-bond donors (Lipinski definition) is 0. The SMILES string of the molecule is [C-]#[N+]c1ccc2c(c1)[c-](-c1ccc(Cl)nc1OCC)c(=O)n2S(=O)(=O)c1ccc(OC)cc1OC.[CH3-].[Y]. The van der Waals surface area contributed by atoms with Gasteiger partial charge in [-0.05, 0) is 30.2 Å². The first-order valence-corrected chi connectivity index (χ1v) is 12.1. The van der Waals surface area contributed by atoms with Gasteiger partial charge < -0.3 is 21.6 Å². The van der Waals surface area contributed by atoms with Crippen molar-refractivity contribution in [2.75, 3.05) is 20.8 Å². The van der Waals surface area contributed by atoms with Gasteiger partial charge in [-0.15, -0.1) is 12.1 Å². The van der Waals surface area contributed by atoms with Gasteiger partial charge in [0.15, 0.2) is 11.6 Å². The van der Waals surface area contributed by atoms with E-state index in [4.69, 9.17) is 32.4 Å². The molecule has 0 aliphatic heterocycles. The van der Waals surface area contributed by atoms with E-state index in [1.807, 2.05) is 0 Å². The molecule has 0 amide bonds. The van der Waals surface area contributed by atoms with Crippen molar-refractivity contribution in [2.45, 2.75) is 11.8 Å². The smallest absolute Gasteiger partial charge is 0.268 e. The molecule has 191 valence electrons. The van der Waals surface area contributed by atoms with E-state index in [1.54, 1.807) is 6.92 Å². The minimum Gasteiger partial charge on any atom is -0.512 e. The molecular formula is C25H22ClN3O6SY-2. The van der Waals surface area contributed by atoms with E-state index >= 15 is 0 Å². The van der Waals surface area contributed by atoms with Gasteiger partial charge in [0, 0.05) is 44.3 Å². The average molecular weight is 617 g/mol. The van der Waals surface area contributed by atoms with E-state index < -0.39 is 15.6 Å². The minimum absolute atomic E-state index is 0. The summed E-state index contributed by atoms with van der Waals surface area (Å²) in [6.45, 7) is 9.36. The molecule has 4 rings (SSSR count). The molecule has 0 N–H and O–H groups in total. The predicted octanol–water partition coefficient (Wildman–Crippen LogP) is 5.09. The first-order valence-electron chi connectivity index (χ1n) is 10.3. The monoisotopic (exact) mass is 616 g/mol. The van der Waals surface area contributed by atoms with Crippen molar-refractivity contribution in [1.29, 1.82) is 0 Å². The second-order valence-corrected chi connectivity index (χ2v) is 9.34. The fourth-order valence-electron chi connectivity index (χ4n) is 3.74. The van der Waals surface area contributed by atoms with Gasteiger partial charge in [0.25, 0.3) is 10.0 Å². The summed E-state index contributed by atoms with van der Waals surface area (Å²) < 4.78 is 44.4.